The molecule has 1 aliphatic carbocycles. The van der Waals surface area contributed by atoms with Crippen molar-refractivity contribution < 1.29 is 0 Å². The summed E-state index contributed by atoms with van der Waals surface area (Å²) < 4.78 is 2.42. The van der Waals surface area contributed by atoms with Gasteiger partial charge < -0.3 is 9.47 Å². The van der Waals surface area contributed by atoms with Crippen molar-refractivity contribution in [1.82, 2.24) is 4.57 Å². The second kappa shape index (κ2) is 13.9. The lowest BCUT2D eigenvalue weighted by Crippen LogP contribution is -2.17. The highest BCUT2D eigenvalue weighted by Gasteiger charge is 2.38. The van der Waals surface area contributed by atoms with Gasteiger partial charge in [0, 0.05) is 38.8 Å². The Hall–Kier alpha value is -7.42. The zero-order valence-corrected chi connectivity index (χ0v) is 33.2. The third-order valence-electron chi connectivity index (χ3n) is 12.3. The van der Waals surface area contributed by atoms with E-state index in [9.17, 15) is 0 Å². The van der Waals surface area contributed by atoms with Gasteiger partial charge in [0.2, 0.25) is 0 Å². The van der Waals surface area contributed by atoms with Crippen molar-refractivity contribution in [3.05, 3.63) is 230 Å². The van der Waals surface area contributed by atoms with Crippen molar-refractivity contribution in [2.24, 2.45) is 0 Å². The van der Waals surface area contributed by atoms with E-state index in [2.05, 4.69) is 242 Å². The van der Waals surface area contributed by atoms with Crippen LogP contribution in [0.15, 0.2) is 218 Å². The molecule has 0 saturated heterocycles. The molecule has 0 N–H and O–H groups in total. The maximum Gasteiger partial charge on any atom is 0.0561 e. The van der Waals surface area contributed by atoms with E-state index < -0.39 is 0 Å². The molecular formula is C57H42N2. The normalized spacial score (nSPS) is 12.7. The molecule has 11 rings (SSSR count). The minimum Gasteiger partial charge on any atom is -0.310 e. The zero-order chi connectivity index (χ0) is 39.5. The van der Waals surface area contributed by atoms with Crippen LogP contribution < -0.4 is 4.90 Å². The van der Waals surface area contributed by atoms with Crippen LogP contribution in [-0.4, -0.2) is 4.57 Å². The number of aromatic nitrogens is 1. The van der Waals surface area contributed by atoms with Crippen molar-refractivity contribution in [2.45, 2.75) is 19.3 Å². The Morgan fingerprint density at radius 3 is 1.68 bits per heavy atom. The van der Waals surface area contributed by atoms with Crippen LogP contribution in [0.25, 0.3) is 72.0 Å². The molecule has 2 heteroatoms. The first-order valence-corrected chi connectivity index (χ1v) is 20.5. The number of fused-ring (bicyclic) bond motifs is 6. The lowest BCUT2D eigenvalue weighted by Gasteiger charge is -2.31. The summed E-state index contributed by atoms with van der Waals surface area (Å²) in [6, 6.07) is 80.0. The fourth-order valence-corrected chi connectivity index (χ4v) is 9.66. The molecule has 0 atom stereocenters. The van der Waals surface area contributed by atoms with Crippen molar-refractivity contribution in [3.8, 4) is 50.2 Å². The molecule has 0 amide bonds. The van der Waals surface area contributed by atoms with E-state index in [1.165, 1.54) is 66.4 Å². The molecule has 0 saturated carbocycles. The van der Waals surface area contributed by atoms with Gasteiger partial charge >= 0.3 is 0 Å². The van der Waals surface area contributed by atoms with E-state index in [0.29, 0.717) is 0 Å². The summed E-state index contributed by atoms with van der Waals surface area (Å²) in [5.74, 6) is 0. The Labute approximate surface area is 345 Å². The minimum absolute atomic E-state index is 0.178. The topological polar surface area (TPSA) is 8.17 Å². The summed E-state index contributed by atoms with van der Waals surface area (Å²) in [6.07, 6.45) is 0. The fourth-order valence-electron chi connectivity index (χ4n) is 9.66. The summed E-state index contributed by atoms with van der Waals surface area (Å²) >= 11 is 0. The van der Waals surface area contributed by atoms with Crippen molar-refractivity contribution in [2.75, 3.05) is 4.90 Å². The molecule has 9 aromatic carbocycles. The molecule has 1 aliphatic rings. The first kappa shape index (κ1) is 34.8. The highest BCUT2D eigenvalue weighted by Crippen LogP contribution is 2.55. The van der Waals surface area contributed by atoms with E-state index in [1.54, 1.807) is 0 Å². The predicted octanol–water partition coefficient (Wildman–Crippen LogP) is 15.6. The summed E-state index contributed by atoms with van der Waals surface area (Å²) in [6.45, 7) is 4.77. The average Bonchev–Trinajstić information content (AvgIpc) is 3.75. The van der Waals surface area contributed by atoms with E-state index in [-0.39, 0.29) is 5.41 Å². The maximum atomic E-state index is 2.50. The third kappa shape index (κ3) is 5.71. The third-order valence-corrected chi connectivity index (χ3v) is 12.3. The van der Waals surface area contributed by atoms with Gasteiger partial charge in [-0.1, -0.05) is 178 Å². The van der Waals surface area contributed by atoms with Gasteiger partial charge in [-0.25, -0.2) is 0 Å². The molecular weight excluding hydrogens is 713 g/mol. The van der Waals surface area contributed by atoms with Crippen LogP contribution in [0, 0.1) is 0 Å². The summed E-state index contributed by atoms with van der Waals surface area (Å²) in [5.41, 5.74) is 19.1. The average molecular weight is 755 g/mol. The largest absolute Gasteiger partial charge is 0.310 e. The Balaban J connectivity index is 1.25. The Bertz CT molecular complexity index is 3160. The van der Waals surface area contributed by atoms with E-state index in [4.69, 9.17) is 0 Å². The van der Waals surface area contributed by atoms with E-state index in [1.807, 2.05) is 0 Å². The van der Waals surface area contributed by atoms with Crippen LogP contribution in [-0.2, 0) is 5.41 Å². The predicted molar refractivity (Wildman–Crippen MR) is 249 cm³/mol. The van der Waals surface area contributed by atoms with Crippen LogP contribution in [0.2, 0.25) is 0 Å². The number of hydrogen-bond donors (Lipinski definition) is 0. The van der Waals surface area contributed by atoms with E-state index >= 15 is 0 Å². The van der Waals surface area contributed by atoms with Crippen molar-refractivity contribution in [1.29, 1.82) is 0 Å². The zero-order valence-electron chi connectivity index (χ0n) is 33.2. The van der Waals surface area contributed by atoms with Gasteiger partial charge in [0.1, 0.15) is 0 Å². The second-order valence-electron chi connectivity index (χ2n) is 16.1. The highest BCUT2D eigenvalue weighted by molar-refractivity contribution is 6.11. The summed E-state index contributed by atoms with van der Waals surface area (Å²) in [4.78, 5) is 2.50. The Morgan fingerprint density at radius 1 is 0.373 bits per heavy atom. The molecule has 1 aromatic heterocycles. The van der Waals surface area contributed by atoms with Crippen LogP contribution >= 0.6 is 0 Å². The van der Waals surface area contributed by atoms with Crippen LogP contribution in [0.4, 0.5) is 17.1 Å². The van der Waals surface area contributed by atoms with Crippen molar-refractivity contribution in [3.63, 3.8) is 0 Å². The quantitative estimate of drug-likeness (QED) is 0.157. The molecule has 2 nitrogen and oxygen atoms in total. The molecule has 0 unspecified atom stereocenters. The van der Waals surface area contributed by atoms with Gasteiger partial charge in [0.05, 0.1) is 16.7 Å². The van der Waals surface area contributed by atoms with Gasteiger partial charge in [0.25, 0.3) is 0 Å². The monoisotopic (exact) mass is 754 g/mol. The fraction of sp³-hybridized carbons (Fsp3) is 0.0526. The van der Waals surface area contributed by atoms with Gasteiger partial charge in [0.15, 0.2) is 0 Å². The van der Waals surface area contributed by atoms with Gasteiger partial charge in [-0.3, -0.25) is 0 Å². The van der Waals surface area contributed by atoms with Gasteiger partial charge in [-0.05, 0) is 105 Å². The lowest BCUT2D eigenvalue weighted by molar-refractivity contribution is 0.662. The number of benzene rings is 9. The standard InChI is InChI=1S/C57H42N2/c1-57(2)52-29-17-15-27-46(52)51-37-45(36-50(56(51)57)41-23-11-5-12-24-41)58(54-34-31-42(39-19-7-3-8-20-39)35-49(54)40-21-9-4-10-22-40)44-32-33-48-47-28-16-18-30-53(47)59(55(48)38-44)43-25-13-6-14-26-43/h3-38H,1-2H3. The first-order valence-electron chi connectivity index (χ1n) is 20.5. The Kier molecular flexibility index (Phi) is 8.20. The molecule has 1 heterocycles. The van der Waals surface area contributed by atoms with Crippen molar-refractivity contribution >= 4 is 38.9 Å². The summed E-state index contributed by atoms with van der Waals surface area (Å²) in [7, 11) is 0. The number of anilines is 3. The highest BCUT2D eigenvalue weighted by atomic mass is 15.1. The minimum atomic E-state index is -0.178. The number of rotatable bonds is 7. The summed E-state index contributed by atoms with van der Waals surface area (Å²) in [5, 5.41) is 2.47. The van der Waals surface area contributed by atoms with Gasteiger partial charge in [-0.2, -0.15) is 0 Å². The lowest BCUT2D eigenvalue weighted by atomic mass is 9.78. The number of hydrogen-bond acceptors (Lipinski definition) is 1. The molecule has 0 aliphatic heterocycles. The molecule has 59 heavy (non-hydrogen) atoms. The van der Waals surface area contributed by atoms with Crippen LogP contribution in [0.5, 0.6) is 0 Å². The number of para-hydroxylation sites is 2. The molecule has 280 valence electrons. The second-order valence-corrected chi connectivity index (χ2v) is 16.1. The molecule has 0 radical (unpaired) electrons. The molecule has 0 bridgehead atoms. The maximum absolute atomic E-state index is 2.50. The SMILES string of the molecule is CC1(C)c2ccccc2-c2cc(N(c3ccc4c5ccccc5n(-c5ccccc5)c4c3)c3ccc(-c4ccccc4)cc3-c3ccccc3)cc(-c3ccccc3)c21. The Morgan fingerprint density at radius 2 is 0.949 bits per heavy atom. The smallest absolute Gasteiger partial charge is 0.0561 e. The first-order chi connectivity index (χ1) is 29.0. The molecule has 10 aromatic rings. The molecule has 0 fully saturated rings. The van der Waals surface area contributed by atoms with Gasteiger partial charge in [-0.15, -0.1) is 0 Å². The molecule has 0 spiro atoms. The van der Waals surface area contributed by atoms with E-state index in [0.717, 1.165) is 33.8 Å². The van der Waals surface area contributed by atoms with Crippen LogP contribution in [0.1, 0.15) is 25.0 Å². The van der Waals surface area contributed by atoms with Crippen LogP contribution in [0.3, 0.4) is 0 Å². The number of nitrogens with zero attached hydrogens (tertiary/aromatic N) is 2.